The van der Waals surface area contributed by atoms with Crippen molar-refractivity contribution in [3.63, 3.8) is 0 Å². The zero-order chi connectivity index (χ0) is 20.8. The molecule has 30 heavy (non-hydrogen) atoms. The molecule has 1 aliphatic carbocycles. The Balaban J connectivity index is 1.32. The Kier molecular flexibility index (Phi) is 4.82. The van der Waals surface area contributed by atoms with Crippen molar-refractivity contribution in [1.82, 2.24) is 14.0 Å². The number of hydrogen-bond donors (Lipinski definition) is 0. The van der Waals surface area contributed by atoms with E-state index < -0.39 is 0 Å². The first kappa shape index (κ1) is 19.2. The summed E-state index contributed by atoms with van der Waals surface area (Å²) in [7, 11) is 0. The van der Waals surface area contributed by atoms with Crippen molar-refractivity contribution in [2.45, 2.75) is 32.4 Å². The lowest BCUT2D eigenvalue weighted by atomic mass is 9.64. The van der Waals surface area contributed by atoms with Crippen LogP contribution < -0.4 is 11.2 Å². The number of para-hydroxylation sites is 1. The molecule has 5 nitrogen and oxygen atoms in total. The second-order valence-electron chi connectivity index (χ2n) is 8.58. The van der Waals surface area contributed by atoms with Gasteiger partial charge in [-0.25, -0.2) is 9.18 Å². The minimum absolute atomic E-state index is 0.193. The molecule has 3 atom stereocenters. The second-order valence-corrected chi connectivity index (χ2v) is 8.58. The number of benzene rings is 2. The Morgan fingerprint density at radius 2 is 1.73 bits per heavy atom. The Hall–Kier alpha value is -2.73. The predicted molar refractivity (Wildman–Crippen MR) is 115 cm³/mol. The van der Waals surface area contributed by atoms with Crippen molar-refractivity contribution in [1.29, 1.82) is 0 Å². The van der Waals surface area contributed by atoms with E-state index in [9.17, 15) is 14.0 Å². The molecule has 0 spiro atoms. The highest BCUT2D eigenvalue weighted by molar-refractivity contribution is 5.77. The summed E-state index contributed by atoms with van der Waals surface area (Å²) in [5.74, 6) is 1.53. The molecule has 6 heteroatoms. The van der Waals surface area contributed by atoms with Crippen LogP contribution in [0.1, 0.15) is 24.8 Å². The lowest BCUT2D eigenvalue weighted by molar-refractivity contribution is 0.191. The van der Waals surface area contributed by atoms with E-state index in [2.05, 4.69) is 4.90 Å². The summed E-state index contributed by atoms with van der Waals surface area (Å²) in [6, 6.07) is 14.2. The van der Waals surface area contributed by atoms with Gasteiger partial charge in [-0.05, 0) is 60.9 Å². The fraction of sp³-hybridized carbons (Fsp3) is 0.417. The van der Waals surface area contributed by atoms with Gasteiger partial charge in [0.1, 0.15) is 5.82 Å². The first-order valence-electron chi connectivity index (χ1n) is 10.8. The van der Waals surface area contributed by atoms with Gasteiger partial charge < -0.3 is 4.90 Å². The lowest BCUT2D eigenvalue weighted by Crippen LogP contribution is -2.42. The molecule has 0 radical (unpaired) electrons. The maximum atomic E-state index is 13.2. The van der Waals surface area contributed by atoms with E-state index in [1.165, 1.54) is 10.1 Å². The molecule has 2 aliphatic rings. The molecule has 0 amide bonds. The first-order valence-corrected chi connectivity index (χ1v) is 10.8. The zero-order valence-electron chi connectivity index (χ0n) is 17.1. The molecule has 1 aromatic heterocycles. The summed E-state index contributed by atoms with van der Waals surface area (Å²) in [5.41, 5.74) is 1.49. The van der Waals surface area contributed by atoms with Gasteiger partial charge in [0.2, 0.25) is 0 Å². The Bertz CT molecular complexity index is 1200. The van der Waals surface area contributed by atoms with Crippen molar-refractivity contribution in [3.8, 4) is 0 Å². The van der Waals surface area contributed by atoms with Gasteiger partial charge in [0.05, 0.1) is 10.9 Å². The SMILES string of the molecule is CCn1c(=O)n(CCN2CC3CC(c4ccc(F)cc4)C3C2)c(=O)c2ccccc21. The fourth-order valence-corrected chi connectivity index (χ4v) is 5.39. The zero-order valence-corrected chi connectivity index (χ0v) is 17.1. The molecule has 3 aromatic rings. The summed E-state index contributed by atoms with van der Waals surface area (Å²) in [6.07, 6.45) is 1.13. The molecule has 1 aliphatic heterocycles. The van der Waals surface area contributed by atoms with E-state index in [4.69, 9.17) is 0 Å². The predicted octanol–water partition coefficient (Wildman–Crippen LogP) is 3.06. The molecule has 2 fully saturated rings. The second kappa shape index (κ2) is 7.51. The van der Waals surface area contributed by atoms with E-state index in [0.29, 0.717) is 48.3 Å². The number of aromatic nitrogens is 2. The average Bonchev–Trinajstić information content (AvgIpc) is 3.06. The Morgan fingerprint density at radius 3 is 2.50 bits per heavy atom. The Morgan fingerprint density at radius 1 is 0.967 bits per heavy atom. The number of nitrogens with zero attached hydrogens (tertiary/aromatic N) is 3. The molecule has 156 valence electrons. The molecule has 2 heterocycles. The standard InChI is InChI=1S/C24H26FN3O2/c1-2-27-22-6-4-3-5-19(22)23(29)28(24(27)30)12-11-26-14-17-13-20(21(17)15-26)16-7-9-18(25)10-8-16/h3-10,17,20-21H,2,11-15H2,1H3. The third-order valence-electron chi connectivity index (χ3n) is 7.03. The van der Waals surface area contributed by atoms with Crippen LogP contribution in [0.5, 0.6) is 0 Å². The van der Waals surface area contributed by atoms with Crippen molar-refractivity contribution in [2.24, 2.45) is 11.8 Å². The van der Waals surface area contributed by atoms with Gasteiger partial charge >= 0.3 is 5.69 Å². The van der Waals surface area contributed by atoms with Crippen LogP contribution in [0.4, 0.5) is 4.39 Å². The van der Waals surface area contributed by atoms with Gasteiger partial charge in [-0.15, -0.1) is 0 Å². The molecule has 1 saturated heterocycles. The molecule has 5 rings (SSSR count). The fourth-order valence-electron chi connectivity index (χ4n) is 5.39. The summed E-state index contributed by atoms with van der Waals surface area (Å²) in [4.78, 5) is 28.2. The third-order valence-corrected chi connectivity index (χ3v) is 7.03. The van der Waals surface area contributed by atoms with Crippen molar-refractivity contribution >= 4 is 10.9 Å². The number of rotatable bonds is 5. The molecular formula is C24H26FN3O2. The maximum absolute atomic E-state index is 13.2. The molecule has 0 N–H and O–H groups in total. The first-order chi connectivity index (χ1) is 14.6. The van der Waals surface area contributed by atoms with Gasteiger partial charge in [0, 0.05) is 32.7 Å². The van der Waals surface area contributed by atoms with Crippen LogP contribution in [-0.4, -0.2) is 33.7 Å². The van der Waals surface area contributed by atoms with Crippen LogP contribution in [0.25, 0.3) is 10.9 Å². The van der Waals surface area contributed by atoms with Crippen LogP contribution in [0.3, 0.4) is 0 Å². The van der Waals surface area contributed by atoms with Crippen LogP contribution in [0.2, 0.25) is 0 Å². The van der Waals surface area contributed by atoms with Gasteiger partial charge in [-0.1, -0.05) is 24.3 Å². The quantitative estimate of drug-likeness (QED) is 0.653. The lowest BCUT2D eigenvalue weighted by Gasteiger charge is -2.40. The van der Waals surface area contributed by atoms with Gasteiger partial charge in [-0.2, -0.15) is 0 Å². The molecule has 3 unspecified atom stereocenters. The summed E-state index contributed by atoms with van der Waals surface area (Å²) < 4.78 is 16.3. The molecule has 0 bridgehead atoms. The number of fused-ring (bicyclic) bond motifs is 2. The topological polar surface area (TPSA) is 47.2 Å². The number of halogens is 1. The highest BCUT2D eigenvalue weighted by Crippen LogP contribution is 2.51. The van der Waals surface area contributed by atoms with E-state index in [1.807, 2.05) is 37.3 Å². The molecular weight excluding hydrogens is 381 g/mol. The average molecular weight is 407 g/mol. The maximum Gasteiger partial charge on any atom is 0.331 e. The van der Waals surface area contributed by atoms with E-state index in [0.717, 1.165) is 19.5 Å². The number of aryl methyl sites for hydroxylation is 1. The minimum atomic E-state index is -0.229. The van der Waals surface area contributed by atoms with Crippen LogP contribution in [0, 0.1) is 17.7 Å². The van der Waals surface area contributed by atoms with Gasteiger partial charge in [0.15, 0.2) is 0 Å². The van der Waals surface area contributed by atoms with Crippen molar-refractivity contribution in [2.75, 3.05) is 19.6 Å². The highest BCUT2D eigenvalue weighted by Gasteiger charge is 2.47. The number of likely N-dealkylation sites (tertiary alicyclic amines) is 1. The van der Waals surface area contributed by atoms with Crippen molar-refractivity contribution < 1.29 is 4.39 Å². The van der Waals surface area contributed by atoms with E-state index in [-0.39, 0.29) is 17.1 Å². The Labute approximate surface area is 174 Å². The smallest absolute Gasteiger partial charge is 0.301 e. The van der Waals surface area contributed by atoms with E-state index >= 15 is 0 Å². The van der Waals surface area contributed by atoms with Crippen LogP contribution in [0.15, 0.2) is 58.1 Å². The molecule has 2 aromatic carbocycles. The highest BCUT2D eigenvalue weighted by atomic mass is 19.1. The van der Waals surface area contributed by atoms with Gasteiger partial charge in [0.25, 0.3) is 5.56 Å². The van der Waals surface area contributed by atoms with Crippen molar-refractivity contribution in [3.05, 3.63) is 80.7 Å². The van der Waals surface area contributed by atoms with Crippen LogP contribution in [-0.2, 0) is 13.1 Å². The number of hydrogen-bond acceptors (Lipinski definition) is 3. The monoisotopic (exact) mass is 407 g/mol. The van der Waals surface area contributed by atoms with Gasteiger partial charge in [-0.3, -0.25) is 13.9 Å². The van der Waals surface area contributed by atoms with E-state index in [1.54, 1.807) is 22.8 Å². The summed E-state index contributed by atoms with van der Waals surface area (Å²) >= 11 is 0. The summed E-state index contributed by atoms with van der Waals surface area (Å²) in [6.45, 7) is 5.54. The third kappa shape index (κ3) is 3.10. The largest absolute Gasteiger partial charge is 0.331 e. The normalized spacial score (nSPS) is 23.5. The molecule has 1 saturated carbocycles. The van der Waals surface area contributed by atoms with Crippen LogP contribution >= 0.6 is 0 Å². The summed E-state index contributed by atoms with van der Waals surface area (Å²) in [5, 5.41) is 0.594. The minimum Gasteiger partial charge on any atom is -0.301 e.